The Morgan fingerprint density at radius 1 is 1.28 bits per heavy atom. The lowest BCUT2D eigenvalue weighted by atomic mass is 10.0. The van der Waals surface area contributed by atoms with Crippen molar-refractivity contribution in [2.75, 3.05) is 18.1 Å². The van der Waals surface area contributed by atoms with Gasteiger partial charge in [0.1, 0.15) is 0 Å². The Morgan fingerprint density at radius 3 is 2.56 bits per heavy atom. The molecule has 2 heterocycles. The number of piperidine rings is 1. The molecular weight excluding hydrogens is 276 g/mol. The third kappa shape index (κ3) is 3.43. The maximum atomic E-state index is 12.1. The molecule has 2 aliphatic rings. The second-order valence-corrected chi connectivity index (χ2v) is 9.49. The predicted octanol–water partition coefficient (Wildman–Crippen LogP) is -0.767. The van der Waals surface area contributed by atoms with Gasteiger partial charge in [-0.25, -0.2) is 21.6 Å². The summed E-state index contributed by atoms with van der Waals surface area (Å²) in [5.74, 6) is -0.246. The molecule has 0 bridgehead atoms. The first-order valence-electron chi connectivity index (χ1n) is 6.23. The normalized spacial score (nSPS) is 36.6. The molecule has 0 aliphatic carbocycles. The first kappa shape index (κ1) is 14.2. The fourth-order valence-electron chi connectivity index (χ4n) is 2.57. The van der Waals surface area contributed by atoms with Crippen LogP contribution in [0, 0.1) is 0 Å². The van der Waals surface area contributed by atoms with Crippen molar-refractivity contribution >= 4 is 19.9 Å². The van der Waals surface area contributed by atoms with E-state index in [1.165, 1.54) is 0 Å². The van der Waals surface area contributed by atoms with Crippen LogP contribution in [-0.2, 0) is 19.9 Å². The van der Waals surface area contributed by atoms with Gasteiger partial charge >= 0.3 is 0 Å². The van der Waals surface area contributed by atoms with Crippen molar-refractivity contribution in [1.29, 1.82) is 0 Å². The molecule has 2 N–H and O–H groups in total. The van der Waals surface area contributed by atoms with Crippen LogP contribution in [0.15, 0.2) is 0 Å². The summed E-state index contributed by atoms with van der Waals surface area (Å²) in [6.45, 7) is 2.80. The monoisotopic (exact) mass is 296 g/mol. The highest BCUT2D eigenvalue weighted by molar-refractivity contribution is 7.95. The second-order valence-electron chi connectivity index (χ2n) is 5.26. The summed E-state index contributed by atoms with van der Waals surface area (Å²) in [5, 5.41) is 2.48. The van der Waals surface area contributed by atoms with E-state index in [9.17, 15) is 16.8 Å². The van der Waals surface area contributed by atoms with Gasteiger partial charge in [0.25, 0.3) is 0 Å². The lowest BCUT2D eigenvalue weighted by Gasteiger charge is -2.29. The summed E-state index contributed by atoms with van der Waals surface area (Å²) in [6.07, 6.45) is 1.72. The van der Waals surface area contributed by atoms with E-state index in [0.29, 0.717) is 6.04 Å². The minimum atomic E-state index is -3.51. The molecule has 0 saturated carbocycles. The minimum absolute atomic E-state index is 0.0127. The molecule has 2 rings (SSSR count). The molecule has 0 spiro atoms. The van der Waals surface area contributed by atoms with Crippen molar-refractivity contribution in [1.82, 2.24) is 10.0 Å². The molecule has 2 saturated heterocycles. The molecule has 0 aromatic heterocycles. The molecule has 3 unspecified atom stereocenters. The van der Waals surface area contributed by atoms with Crippen molar-refractivity contribution in [3.8, 4) is 0 Å². The van der Waals surface area contributed by atoms with Gasteiger partial charge in [0, 0.05) is 12.1 Å². The average molecular weight is 296 g/mol. The van der Waals surface area contributed by atoms with Gasteiger partial charge in [0.05, 0.1) is 16.8 Å². The van der Waals surface area contributed by atoms with Gasteiger partial charge in [-0.3, -0.25) is 0 Å². The third-order valence-electron chi connectivity index (χ3n) is 3.58. The zero-order valence-corrected chi connectivity index (χ0v) is 12.1. The summed E-state index contributed by atoms with van der Waals surface area (Å²) < 4.78 is 49.5. The lowest BCUT2D eigenvalue weighted by molar-refractivity contribution is 0.360. The Bertz CT molecular complexity index is 500. The van der Waals surface area contributed by atoms with E-state index in [0.717, 1.165) is 19.4 Å². The average Bonchev–Trinajstić information content (AvgIpc) is 2.59. The van der Waals surface area contributed by atoms with Crippen LogP contribution in [0.2, 0.25) is 0 Å². The van der Waals surface area contributed by atoms with E-state index in [1.807, 2.05) is 6.92 Å². The van der Waals surface area contributed by atoms with Crippen LogP contribution in [0.4, 0.5) is 0 Å². The molecule has 8 heteroatoms. The van der Waals surface area contributed by atoms with E-state index < -0.39 is 25.1 Å². The number of hydrogen-bond acceptors (Lipinski definition) is 5. The van der Waals surface area contributed by atoms with Crippen LogP contribution in [0.5, 0.6) is 0 Å². The molecular formula is C10H20N2O4S2. The smallest absolute Gasteiger partial charge is 0.215 e. The number of nitrogens with one attached hydrogen (secondary N) is 2. The maximum Gasteiger partial charge on any atom is 0.215 e. The highest BCUT2D eigenvalue weighted by atomic mass is 32.2. The second kappa shape index (κ2) is 5.07. The molecule has 18 heavy (non-hydrogen) atoms. The van der Waals surface area contributed by atoms with Gasteiger partial charge in [-0.2, -0.15) is 0 Å². The van der Waals surface area contributed by atoms with Crippen molar-refractivity contribution in [2.45, 2.75) is 43.5 Å². The maximum absolute atomic E-state index is 12.1. The molecule has 0 amide bonds. The molecule has 0 aromatic rings. The Morgan fingerprint density at radius 2 is 2.00 bits per heavy atom. The van der Waals surface area contributed by atoms with Crippen LogP contribution in [-0.4, -0.2) is 52.2 Å². The molecule has 106 valence electrons. The standard InChI is InChI=1S/C10H20N2O4S2/c1-8-6-9(2-4-11-8)12-18(15,16)10-3-5-17(13,14)7-10/h8-12H,2-7H2,1H3. The minimum Gasteiger partial charge on any atom is -0.314 e. The van der Waals surface area contributed by atoms with E-state index in [-0.39, 0.29) is 24.0 Å². The fourth-order valence-corrected chi connectivity index (χ4v) is 6.90. The van der Waals surface area contributed by atoms with Crippen LogP contribution >= 0.6 is 0 Å². The third-order valence-corrected chi connectivity index (χ3v) is 7.50. The molecule has 3 atom stereocenters. The predicted molar refractivity (Wildman–Crippen MR) is 69.6 cm³/mol. The summed E-state index contributed by atoms with van der Waals surface area (Å²) in [7, 11) is -6.67. The van der Waals surface area contributed by atoms with Crippen LogP contribution in [0.25, 0.3) is 0 Å². The highest BCUT2D eigenvalue weighted by Gasteiger charge is 2.38. The van der Waals surface area contributed by atoms with Gasteiger partial charge in [0.15, 0.2) is 9.84 Å². The molecule has 6 nitrogen and oxygen atoms in total. The van der Waals surface area contributed by atoms with E-state index in [4.69, 9.17) is 0 Å². The molecule has 0 aromatic carbocycles. The van der Waals surface area contributed by atoms with Gasteiger partial charge in [-0.05, 0) is 32.7 Å². The van der Waals surface area contributed by atoms with Crippen LogP contribution in [0.1, 0.15) is 26.2 Å². The van der Waals surface area contributed by atoms with Gasteiger partial charge < -0.3 is 5.32 Å². The summed E-state index contributed by atoms with van der Waals surface area (Å²) in [6, 6.07) is 0.216. The highest BCUT2D eigenvalue weighted by Crippen LogP contribution is 2.20. The molecule has 2 fully saturated rings. The molecule has 0 radical (unpaired) electrons. The van der Waals surface area contributed by atoms with E-state index in [1.54, 1.807) is 0 Å². The number of sulfone groups is 1. The Hall–Kier alpha value is -0.180. The Balaban J connectivity index is 1.99. The van der Waals surface area contributed by atoms with E-state index >= 15 is 0 Å². The summed E-state index contributed by atoms with van der Waals surface area (Å²) in [4.78, 5) is 0. The van der Waals surface area contributed by atoms with Gasteiger partial charge in [-0.1, -0.05) is 0 Å². The number of hydrogen-bond donors (Lipinski definition) is 2. The van der Waals surface area contributed by atoms with Crippen molar-refractivity contribution < 1.29 is 16.8 Å². The SMILES string of the molecule is CC1CC(NS(=O)(=O)C2CCS(=O)(=O)C2)CCN1. The van der Waals surface area contributed by atoms with Gasteiger partial charge in [0.2, 0.25) is 10.0 Å². The van der Waals surface area contributed by atoms with E-state index in [2.05, 4.69) is 10.0 Å². The fraction of sp³-hybridized carbons (Fsp3) is 1.00. The lowest BCUT2D eigenvalue weighted by Crippen LogP contribution is -2.49. The Kier molecular flexibility index (Phi) is 4.01. The largest absolute Gasteiger partial charge is 0.314 e. The van der Waals surface area contributed by atoms with Crippen LogP contribution in [0.3, 0.4) is 0 Å². The summed E-state index contributed by atoms with van der Waals surface area (Å²) in [5.41, 5.74) is 0. The van der Waals surface area contributed by atoms with Crippen molar-refractivity contribution in [3.63, 3.8) is 0 Å². The van der Waals surface area contributed by atoms with Crippen molar-refractivity contribution in [3.05, 3.63) is 0 Å². The topological polar surface area (TPSA) is 92.3 Å². The van der Waals surface area contributed by atoms with Crippen LogP contribution < -0.4 is 10.0 Å². The first-order chi connectivity index (χ1) is 8.28. The van der Waals surface area contributed by atoms with Crippen molar-refractivity contribution in [2.24, 2.45) is 0 Å². The summed E-state index contributed by atoms with van der Waals surface area (Å²) >= 11 is 0. The number of sulfonamides is 1. The number of rotatable bonds is 3. The quantitative estimate of drug-likeness (QED) is 0.714. The van der Waals surface area contributed by atoms with Gasteiger partial charge in [-0.15, -0.1) is 0 Å². The first-order valence-corrected chi connectivity index (χ1v) is 9.60. The molecule has 2 aliphatic heterocycles. The zero-order chi connectivity index (χ0) is 13.4. The zero-order valence-electron chi connectivity index (χ0n) is 10.4. The Labute approximate surface area is 108 Å².